The second kappa shape index (κ2) is 7.47. The van der Waals surface area contributed by atoms with Crippen LogP contribution in [0.2, 0.25) is 0 Å². The molecule has 2 rings (SSSR count). The van der Waals surface area contributed by atoms with Gasteiger partial charge in [0.25, 0.3) is 5.91 Å². The number of aryl methyl sites for hydroxylation is 1. The van der Waals surface area contributed by atoms with Crippen LogP contribution in [0, 0.1) is 11.2 Å². The number of alkyl halides is 3. The molecule has 0 unspecified atom stereocenters. The van der Waals surface area contributed by atoms with E-state index in [9.17, 15) is 30.8 Å². The predicted molar refractivity (Wildman–Crippen MR) is 97.2 cm³/mol. The molecule has 2 aromatic heterocycles. The molecule has 2 heterocycles. The van der Waals surface area contributed by atoms with Crippen molar-refractivity contribution in [1.29, 1.82) is 0 Å². The molecule has 1 N–H and O–H groups in total. The quantitative estimate of drug-likeness (QED) is 0.513. The van der Waals surface area contributed by atoms with Gasteiger partial charge in [-0.3, -0.25) is 4.79 Å². The van der Waals surface area contributed by atoms with Gasteiger partial charge in [0.05, 0.1) is 11.2 Å². The Morgan fingerprint density at radius 3 is 2.46 bits per heavy atom. The maximum atomic E-state index is 14.7. The van der Waals surface area contributed by atoms with Crippen LogP contribution in [0.5, 0.6) is 0 Å². The molecule has 0 fully saturated rings. The fraction of sp³-hybridized carbons (Fsp3) is 0.375. The van der Waals surface area contributed by atoms with Gasteiger partial charge in [-0.1, -0.05) is 13.8 Å². The second-order valence-electron chi connectivity index (χ2n) is 6.73. The molecule has 0 aromatic carbocycles. The van der Waals surface area contributed by atoms with Gasteiger partial charge < -0.3 is 9.88 Å². The number of nitrogens with one attached hydrogen (secondary N) is 1. The van der Waals surface area contributed by atoms with Gasteiger partial charge >= 0.3 is 6.18 Å². The van der Waals surface area contributed by atoms with Gasteiger partial charge in [0.2, 0.25) is 0 Å². The van der Waals surface area contributed by atoms with E-state index in [1.54, 1.807) is 0 Å². The van der Waals surface area contributed by atoms with Crippen molar-refractivity contribution in [1.82, 2.24) is 9.55 Å². The number of aromatic nitrogens is 2. The first kappa shape index (κ1) is 22.3. The van der Waals surface area contributed by atoms with Crippen molar-refractivity contribution < 1.29 is 30.8 Å². The Bertz CT molecular complexity index is 1020. The first-order valence-electron chi connectivity index (χ1n) is 7.73. The fourth-order valence-electron chi connectivity index (χ4n) is 2.35. The Balaban J connectivity index is 2.39. The summed E-state index contributed by atoms with van der Waals surface area (Å²) >= 11 is 3.10. The molecule has 0 spiro atoms. The van der Waals surface area contributed by atoms with Crippen LogP contribution in [0.1, 0.15) is 24.3 Å². The molecule has 0 saturated heterocycles. The van der Waals surface area contributed by atoms with E-state index in [0.717, 1.165) is 10.8 Å². The number of sulfone groups is 1. The van der Waals surface area contributed by atoms with E-state index in [0.29, 0.717) is 18.5 Å². The lowest BCUT2D eigenvalue weighted by molar-refractivity contribution is -0.203. The number of carbonyl (C=O) groups excluding carboxylic acids is 1. The van der Waals surface area contributed by atoms with Gasteiger partial charge in [0, 0.05) is 25.1 Å². The van der Waals surface area contributed by atoms with Gasteiger partial charge in [0.15, 0.2) is 15.7 Å². The summed E-state index contributed by atoms with van der Waals surface area (Å²) in [5.74, 6) is -3.73. The Hall–Kier alpha value is -1.95. The molecular formula is C16H16BrF4N3O3S. The molecule has 2 aromatic rings. The molecule has 12 heteroatoms. The molecule has 0 aliphatic carbocycles. The summed E-state index contributed by atoms with van der Waals surface area (Å²) < 4.78 is 79.9. The van der Waals surface area contributed by atoms with E-state index >= 15 is 0 Å². The normalized spacial score (nSPS) is 12.9. The zero-order chi connectivity index (χ0) is 21.5. The molecule has 0 saturated carbocycles. The molecule has 0 atom stereocenters. The van der Waals surface area contributed by atoms with E-state index in [2.05, 4.69) is 26.2 Å². The van der Waals surface area contributed by atoms with Crippen molar-refractivity contribution in [2.24, 2.45) is 12.5 Å². The first-order chi connectivity index (χ1) is 12.7. The zero-order valence-electron chi connectivity index (χ0n) is 14.9. The third kappa shape index (κ3) is 4.54. The average molecular weight is 486 g/mol. The van der Waals surface area contributed by atoms with E-state index < -0.39 is 49.5 Å². The molecule has 0 aliphatic heterocycles. The summed E-state index contributed by atoms with van der Waals surface area (Å²) in [6.07, 6.45) is -2.65. The first-order valence-corrected chi connectivity index (χ1v) is 10.2. The predicted octanol–water partition coefficient (Wildman–Crippen LogP) is 3.94. The highest BCUT2D eigenvalue weighted by atomic mass is 79.9. The van der Waals surface area contributed by atoms with Crippen LogP contribution < -0.4 is 5.32 Å². The summed E-state index contributed by atoms with van der Waals surface area (Å²) in [4.78, 5) is 15.3. The van der Waals surface area contributed by atoms with Crippen LogP contribution in [0.15, 0.2) is 34.0 Å². The molecule has 0 bridgehead atoms. The van der Waals surface area contributed by atoms with Gasteiger partial charge in [0.1, 0.15) is 15.2 Å². The van der Waals surface area contributed by atoms with Crippen LogP contribution >= 0.6 is 15.9 Å². The summed E-state index contributed by atoms with van der Waals surface area (Å²) in [5, 5.41) is 2.37. The van der Waals surface area contributed by atoms with Crippen LogP contribution in [0.3, 0.4) is 0 Å². The van der Waals surface area contributed by atoms with Gasteiger partial charge in [-0.25, -0.2) is 17.8 Å². The van der Waals surface area contributed by atoms with Crippen molar-refractivity contribution in [2.45, 2.75) is 24.9 Å². The molecule has 154 valence electrons. The number of halogens is 5. The number of anilines is 1. The number of rotatable bonds is 5. The topological polar surface area (TPSA) is 81.1 Å². The standard InChI is InChI=1S/C16H16BrF4N3O3S/c1-15(2,16(19,20)21)8-28(26,27)10-7-24(3)13(12(10)18)14(25)23-9-4-5-22-11(17)6-9/h4-7H,8H2,1-3H3,(H,22,23,25). The van der Waals surface area contributed by atoms with Crippen LogP contribution in [0.25, 0.3) is 0 Å². The van der Waals surface area contributed by atoms with Gasteiger partial charge in [-0.05, 0) is 28.1 Å². The number of nitrogens with zero attached hydrogens (tertiary/aromatic N) is 2. The lowest BCUT2D eigenvalue weighted by Crippen LogP contribution is -2.38. The molecule has 0 radical (unpaired) electrons. The number of amides is 1. The van der Waals surface area contributed by atoms with Crippen LogP contribution in [-0.2, 0) is 16.9 Å². The SMILES string of the molecule is Cn1cc(S(=O)(=O)CC(C)(C)C(F)(F)F)c(F)c1C(=O)Nc1ccnc(Br)c1. The summed E-state index contributed by atoms with van der Waals surface area (Å²) in [7, 11) is -3.44. The maximum absolute atomic E-state index is 14.7. The van der Waals surface area contributed by atoms with E-state index in [4.69, 9.17) is 0 Å². The van der Waals surface area contributed by atoms with Crippen molar-refractivity contribution in [3.63, 3.8) is 0 Å². The zero-order valence-corrected chi connectivity index (χ0v) is 17.3. The van der Waals surface area contributed by atoms with Gasteiger partial charge in [-0.2, -0.15) is 13.2 Å². The highest BCUT2D eigenvalue weighted by molar-refractivity contribution is 9.10. The highest BCUT2D eigenvalue weighted by Gasteiger charge is 2.50. The van der Waals surface area contributed by atoms with Crippen LogP contribution in [0.4, 0.5) is 23.2 Å². The number of carbonyl (C=O) groups is 1. The van der Waals surface area contributed by atoms with E-state index in [-0.39, 0.29) is 5.69 Å². The second-order valence-corrected chi connectivity index (χ2v) is 9.50. The Morgan fingerprint density at radius 2 is 1.93 bits per heavy atom. The minimum atomic E-state index is -4.81. The third-order valence-corrected chi connectivity index (χ3v) is 6.43. The third-order valence-electron chi connectivity index (χ3n) is 3.94. The Labute approximate surface area is 167 Å². The minimum absolute atomic E-state index is 0.259. The fourth-order valence-corrected chi connectivity index (χ4v) is 4.67. The highest BCUT2D eigenvalue weighted by Crippen LogP contribution is 2.40. The molecule has 1 amide bonds. The summed E-state index contributed by atoms with van der Waals surface area (Å²) in [5.41, 5.74) is -2.97. The molecule has 6 nitrogen and oxygen atoms in total. The van der Waals surface area contributed by atoms with Crippen molar-refractivity contribution in [2.75, 3.05) is 11.1 Å². The Morgan fingerprint density at radius 1 is 1.32 bits per heavy atom. The lowest BCUT2D eigenvalue weighted by atomic mass is 9.96. The smallest absolute Gasteiger partial charge is 0.343 e. The number of pyridine rings is 1. The minimum Gasteiger partial charge on any atom is -0.343 e. The van der Waals surface area contributed by atoms with E-state index in [1.165, 1.54) is 25.4 Å². The van der Waals surface area contributed by atoms with Gasteiger partial charge in [-0.15, -0.1) is 0 Å². The molecule has 28 heavy (non-hydrogen) atoms. The molecular weight excluding hydrogens is 470 g/mol. The average Bonchev–Trinajstić information content (AvgIpc) is 2.80. The summed E-state index contributed by atoms with van der Waals surface area (Å²) in [6, 6.07) is 2.86. The lowest BCUT2D eigenvalue weighted by Gasteiger charge is -2.27. The van der Waals surface area contributed by atoms with Crippen molar-refractivity contribution >= 4 is 37.4 Å². The van der Waals surface area contributed by atoms with Crippen molar-refractivity contribution in [3.05, 3.63) is 40.6 Å². The maximum Gasteiger partial charge on any atom is 0.394 e. The van der Waals surface area contributed by atoms with Crippen LogP contribution in [-0.4, -0.2) is 35.8 Å². The largest absolute Gasteiger partial charge is 0.394 e. The van der Waals surface area contributed by atoms with E-state index in [1.807, 2.05) is 0 Å². The monoisotopic (exact) mass is 485 g/mol. The van der Waals surface area contributed by atoms with Crippen molar-refractivity contribution in [3.8, 4) is 0 Å². The number of hydrogen-bond donors (Lipinski definition) is 1. The molecule has 0 aliphatic rings. The summed E-state index contributed by atoms with van der Waals surface area (Å²) in [6.45, 7) is 1.42. The number of hydrogen-bond acceptors (Lipinski definition) is 4. The Kier molecular flexibility index (Phi) is 5.96.